The van der Waals surface area contributed by atoms with Crippen molar-refractivity contribution in [2.75, 3.05) is 18.9 Å². The number of benzene rings is 1. The van der Waals surface area contributed by atoms with Crippen molar-refractivity contribution in [1.82, 2.24) is 5.32 Å². The lowest BCUT2D eigenvalue weighted by molar-refractivity contribution is -0.116. The molecule has 0 heterocycles. The number of hydrogen-bond donors (Lipinski definition) is 2. The zero-order chi connectivity index (χ0) is 12.0. The molecular weight excluding hydrogens is 214 g/mol. The summed E-state index contributed by atoms with van der Waals surface area (Å²) in [7, 11) is 1.78. The van der Waals surface area contributed by atoms with Gasteiger partial charge in [-0.15, -0.1) is 0 Å². The number of halogens is 2. The van der Waals surface area contributed by atoms with Crippen LogP contribution in [0.15, 0.2) is 18.2 Å². The average Bonchev–Trinajstić information content (AvgIpc) is 2.24. The van der Waals surface area contributed by atoms with Gasteiger partial charge in [-0.1, -0.05) is 0 Å². The minimum absolute atomic E-state index is 0.116. The highest BCUT2D eigenvalue weighted by molar-refractivity contribution is 5.90. The molecule has 0 aliphatic carbocycles. The van der Waals surface area contributed by atoms with Crippen LogP contribution in [0.3, 0.4) is 0 Å². The maximum Gasteiger partial charge on any atom is 0.224 e. The quantitative estimate of drug-likeness (QED) is 0.756. The fourth-order valence-electron chi connectivity index (χ4n) is 1.23. The van der Waals surface area contributed by atoms with Crippen molar-refractivity contribution in [3.8, 4) is 0 Å². The van der Waals surface area contributed by atoms with Gasteiger partial charge in [0.1, 0.15) is 11.6 Å². The van der Waals surface area contributed by atoms with Crippen LogP contribution in [0.4, 0.5) is 14.5 Å². The molecule has 0 saturated carbocycles. The molecule has 1 aromatic rings. The van der Waals surface area contributed by atoms with Gasteiger partial charge in [0.2, 0.25) is 5.91 Å². The molecule has 88 valence electrons. The lowest BCUT2D eigenvalue weighted by Gasteiger charge is -2.06. The Morgan fingerprint density at radius 2 is 2.12 bits per heavy atom. The third-order valence-electron chi connectivity index (χ3n) is 2.03. The molecule has 0 radical (unpaired) electrons. The van der Waals surface area contributed by atoms with Gasteiger partial charge in [0, 0.05) is 12.5 Å². The highest BCUT2D eigenvalue weighted by Crippen LogP contribution is 2.15. The summed E-state index contributed by atoms with van der Waals surface area (Å²) in [5.74, 6) is -1.53. The van der Waals surface area contributed by atoms with Gasteiger partial charge in [0.15, 0.2) is 0 Å². The Bertz CT molecular complexity index is 369. The van der Waals surface area contributed by atoms with E-state index in [0.29, 0.717) is 13.0 Å². The van der Waals surface area contributed by atoms with Crippen molar-refractivity contribution in [3.05, 3.63) is 29.8 Å². The third kappa shape index (κ3) is 3.94. The molecule has 1 amide bonds. The van der Waals surface area contributed by atoms with E-state index in [9.17, 15) is 13.6 Å². The van der Waals surface area contributed by atoms with Crippen LogP contribution < -0.4 is 10.6 Å². The summed E-state index contributed by atoms with van der Waals surface area (Å²) in [6.45, 7) is 0.707. The number of carbonyl (C=O) groups excluding carboxylic acids is 1. The summed E-state index contributed by atoms with van der Waals surface area (Å²) in [6, 6.07) is 2.95. The molecule has 16 heavy (non-hydrogen) atoms. The minimum Gasteiger partial charge on any atom is -0.324 e. The molecule has 0 aromatic heterocycles. The zero-order valence-electron chi connectivity index (χ0n) is 9.02. The van der Waals surface area contributed by atoms with E-state index in [-0.39, 0.29) is 18.0 Å². The smallest absolute Gasteiger partial charge is 0.224 e. The van der Waals surface area contributed by atoms with Crippen LogP contribution in [0.5, 0.6) is 0 Å². The van der Waals surface area contributed by atoms with Gasteiger partial charge in [-0.05, 0) is 32.1 Å². The SMILES string of the molecule is CNCCCC(=O)Nc1cc(F)ccc1F. The normalized spacial score (nSPS) is 10.2. The first-order chi connectivity index (χ1) is 7.63. The molecular formula is C11H14F2N2O. The first-order valence-electron chi connectivity index (χ1n) is 5.03. The van der Waals surface area contributed by atoms with Crippen molar-refractivity contribution in [2.24, 2.45) is 0 Å². The Morgan fingerprint density at radius 3 is 2.81 bits per heavy atom. The first-order valence-corrected chi connectivity index (χ1v) is 5.03. The van der Waals surface area contributed by atoms with E-state index in [0.717, 1.165) is 18.2 Å². The van der Waals surface area contributed by atoms with E-state index in [1.165, 1.54) is 0 Å². The van der Waals surface area contributed by atoms with E-state index in [1.54, 1.807) is 7.05 Å². The molecule has 5 heteroatoms. The zero-order valence-corrected chi connectivity index (χ0v) is 9.02. The van der Waals surface area contributed by atoms with Crippen LogP contribution in [0.1, 0.15) is 12.8 Å². The predicted molar refractivity (Wildman–Crippen MR) is 58.1 cm³/mol. The lowest BCUT2D eigenvalue weighted by atomic mass is 10.2. The van der Waals surface area contributed by atoms with Crippen LogP contribution in [-0.2, 0) is 4.79 Å². The van der Waals surface area contributed by atoms with Gasteiger partial charge in [0.05, 0.1) is 5.69 Å². The molecule has 0 spiro atoms. The van der Waals surface area contributed by atoms with Crippen LogP contribution in [0, 0.1) is 11.6 Å². The van der Waals surface area contributed by atoms with Crippen LogP contribution in [-0.4, -0.2) is 19.5 Å². The fourth-order valence-corrected chi connectivity index (χ4v) is 1.23. The largest absolute Gasteiger partial charge is 0.324 e. The van der Waals surface area contributed by atoms with Crippen LogP contribution in [0.25, 0.3) is 0 Å². The summed E-state index contributed by atoms with van der Waals surface area (Å²) in [6.07, 6.45) is 0.927. The predicted octanol–water partition coefficient (Wildman–Crippen LogP) is 1.90. The van der Waals surface area contributed by atoms with Gasteiger partial charge >= 0.3 is 0 Å². The Balaban J connectivity index is 2.52. The number of rotatable bonds is 5. The molecule has 0 fully saturated rings. The highest BCUT2D eigenvalue weighted by atomic mass is 19.1. The van der Waals surface area contributed by atoms with Gasteiger partial charge in [0.25, 0.3) is 0 Å². The molecule has 1 rings (SSSR count). The molecule has 2 N–H and O–H groups in total. The maximum absolute atomic E-state index is 13.1. The second-order valence-electron chi connectivity index (χ2n) is 3.38. The van der Waals surface area contributed by atoms with E-state index >= 15 is 0 Å². The monoisotopic (exact) mass is 228 g/mol. The van der Waals surface area contributed by atoms with Crippen LogP contribution in [0.2, 0.25) is 0 Å². The Hall–Kier alpha value is -1.49. The van der Waals surface area contributed by atoms with E-state index in [4.69, 9.17) is 0 Å². The number of anilines is 1. The van der Waals surface area contributed by atoms with Gasteiger partial charge in [-0.25, -0.2) is 8.78 Å². The second-order valence-corrected chi connectivity index (χ2v) is 3.38. The summed E-state index contributed by atoms with van der Waals surface area (Å²) in [5.41, 5.74) is -0.116. The summed E-state index contributed by atoms with van der Waals surface area (Å²) >= 11 is 0. The van der Waals surface area contributed by atoms with Crippen molar-refractivity contribution in [1.29, 1.82) is 0 Å². The number of hydrogen-bond acceptors (Lipinski definition) is 2. The molecule has 0 aliphatic rings. The van der Waals surface area contributed by atoms with Crippen molar-refractivity contribution >= 4 is 11.6 Å². The van der Waals surface area contributed by atoms with Crippen molar-refractivity contribution < 1.29 is 13.6 Å². The van der Waals surface area contributed by atoms with E-state index in [1.807, 2.05) is 0 Å². The number of nitrogens with one attached hydrogen (secondary N) is 2. The van der Waals surface area contributed by atoms with Gasteiger partial charge in [-0.3, -0.25) is 4.79 Å². The second kappa shape index (κ2) is 6.17. The summed E-state index contributed by atoms with van der Waals surface area (Å²) in [4.78, 5) is 11.3. The Labute approximate surface area is 92.8 Å². The number of amides is 1. The lowest BCUT2D eigenvalue weighted by Crippen LogP contribution is -2.16. The molecule has 0 unspecified atom stereocenters. The van der Waals surface area contributed by atoms with E-state index < -0.39 is 11.6 Å². The summed E-state index contributed by atoms with van der Waals surface area (Å²) in [5, 5.41) is 5.22. The standard InChI is InChI=1S/C11H14F2N2O/c1-14-6-2-3-11(16)15-10-7-8(12)4-5-9(10)13/h4-5,7,14H,2-3,6H2,1H3,(H,15,16). The molecule has 0 saturated heterocycles. The van der Waals surface area contributed by atoms with Crippen molar-refractivity contribution in [3.63, 3.8) is 0 Å². The highest BCUT2D eigenvalue weighted by Gasteiger charge is 2.07. The third-order valence-corrected chi connectivity index (χ3v) is 2.03. The summed E-state index contributed by atoms with van der Waals surface area (Å²) < 4.78 is 25.9. The molecule has 0 bridgehead atoms. The maximum atomic E-state index is 13.1. The molecule has 1 aromatic carbocycles. The van der Waals surface area contributed by atoms with Crippen LogP contribution >= 0.6 is 0 Å². The fraction of sp³-hybridized carbons (Fsp3) is 0.364. The molecule has 3 nitrogen and oxygen atoms in total. The minimum atomic E-state index is -0.636. The topological polar surface area (TPSA) is 41.1 Å². The first kappa shape index (κ1) is 12.6. The van der Waals surface area contributed by atoms with Gasteiger partial charge in [-0.2, -0.15) is 0 Å². The molecule has 0 aliphatic heterocycles. The number of carbonyl (C=O) groups is 1. The molecule has 0 atom stereocenters. The van der Waals surface area contributed by atoms with Crippen molar-refractivity contribution in [2.45, 2.75) is 12.8 Å². The average molecular weight is 228 g/mol. The van der Waals surface area contributed by atoms with Gasteiger partial charge < -0.3 is 10.6 Å². The Kier molecular flexibility index (Phi) is 4.85. The van der Waals surface area contributed by atoms with E-state index in [2.05, 4.69) is 10.6 Å². The Morgan fingerprint density at radius 1 is 1.38 bits per heavy atom.